The van der Waals surface area contributed by atoms with Crippen molar-refractivity contribution < 1.29 is 0 Å². The Bertz CT molecular complexity index is 400. The van der Waals surface area contributed by atoms with Crippen LogP contribution in [0.3, 0.4) is 0 Å². The predicted octanol–water partition coefficient (Wildman–Crippen LogP) is 4.07. The van der Waals surface area contributed by atoms with Crippen molar-refractivity contribution in [2.75, 3.05) is 6.54 Å². The largest absolute Gasteiger partial charge is 0.330 e. The van der Waals surface area contributed by atoms with Gasteiger partial charge in [0.1, 0.15) is 0 Å². The minimum atomic E-state index is 0.194. The van der Waals surface area contributed by atoms with Gasteiger partial charge in [-0.2, -0.15) is 0 Å². The summed E-state index contributed by atoms with van der Waals surface area (Å²) in [6.45, 7) is 7.70. The summed E-state index contributed by atoms with van der Waals surface area (Å²) in [5, 5.41) is 0. The smallest absolute Gasteiger partial charge is 0.0182 e. The van der Waals surface area contributed by atoms with Gasteiger partial charge in [0.25, 0.3) is 0 Å². The molecule has 0 saturated heterocycles. The van der Waals surface area contributed by atoms with Crippen molar-refractivity contribution >= 4 is 22.6 Å². The van der Waals surface area contributed by atoms with Crippen LogP contribution in [0.25, 0.3) is 0 Å². The molecule has 0 bridgehead atoms. The molecular formula is C15H22IN. The van der Waals surface area contributed by atoms with Crippen LogP contribution in [0.1, 0.15) is 50.2 Å². The normalized spacial score (nSPS) is 28.9. The van der Waals surface area contributed by atoms with Gasteiger partial charge in [-0.25, -0.2) is 0 Å². The molecule has 3 atom stereocenters. The van der Waals surface area contributed by atoms with Gasteiger partial charge in [0.15, 0.2) is 0 Å². The van der Waals surface area contributed by atoms with Crippen molar-refractivity contribution in [3.05, 3.63) is 35.4 Å². The van der Waals surface area contributed by atoms with E-state index in [4.69, 9.17) is 5.73 Å². The highest BCUT2D eigenvalue weighted by Gasteiger charge is 2.38. The highest BCUT2D eigenvalue weighted by atomic mass is 127. The second-order valence-electron chi connectivity index (χ2n) is 5.91. The number of hydrogen-bond donors (Lipinski definition) is 1. The molecule has 1 aliphatic carbocycles. The number of nitrogens with two attached hydrogens (primary N) is 1. The van der Waals surface area contributed by atoms with Crippen LogP contribution in [0.15, 0.2) is 24.3 Å². The molecule has 0 saturated carbocycles. The molecule has 0 aliphatic heterocycles. The Labute approximate surface area is 118 Å². The van der Waals surface area contributed by atoms with E-state index < -0.39 is 0 Å². The van der Waals surface area contributed by atoms with Gasteiger partial charge in [-0.15, -0.1) is 0 Å². The molecule has 0 aromatic heterocycles. The van der Waals surface area contributed by atoms with E-state index in [2.05, 4.69) is 67.6 Å². The summed E-state index contributed by atoms with van der Waals surface area (Å²) in [7, 11) is 0. The van der Waals surface area contributed by atoms with E-state index in [-0.39, 0.29) is 5.41 Å². The molecule has 1 aromatic carbocycles. The lowest BCUT2D eigenvalue weighted by Crippen LogP contribution is -2.36. The first kappa shape index (κ1) is 13.3. The van der Waals surface area contributed by atoms with Crippen molar-refractivity contribution in [1.82, 2.24) is 0 Å². The van der Waals surface area contributed by atoms with Crippen molar-refractivity contribution in [3.8, 4) is 0 Å². The van der Waals surface area contributed by atoms with Crippen LogP contribution < -0.4 is 5.73 Å². The molecule has 94 valence electrons. The van der Waals surface area contributed by atoms with E-state index in [0.717, 1.165) is 10.5 Å². The van der Waals surface area contributed by atoms with E-state index in [0.29, 0.717) is 11.8 Å². The summed E-state index contributed by atoms with van der Waals surface area (Å²) in [4.78, 5) is 0. The fourth-order valence-corrected chi connectivity index (χ4v) is 3.77. The summed E-state index contributed by atoms with van der Waals surface area (Å²) in [5.41, 5.74) is 9.23. The van der Waals surface area contributed by atoms with E-state index in [1.807, 2.05) is 0 Å². The monoisotopic (exact) mass is 343 g/mol. The van der Waals surface area contributed by atoms with Crippen LogP contribution >= 0.6 is 22.6 Å². The molecule has 3 unspecified atom stereocenters. The summed E-state index contributed by atoms with van der Waals surface area (Å²) < 4.78 is 0.721. The molecular weight excluding hydrogens is 321 g/mol. The summed E-state index contributed by atoms with van der Waals surface area (Å²) in [6.07, 6.45) is 1.25. The molecule has 0 radical (unpaired) electrons. The average Bonchev–Trinajstić information content (AvgIpc) is 2.33. The van der Waals surface area contributed by atoms with Crippen LogP contribution in [-0.4, -0.2) is 10.5 Å². The Hall–Kier alpha value is -0.0900. The lowest BCUT2D eigenvalue weighted by Gasteiger charge is -2.42. The van der Waals surface area contributed by atoms with Crippen molar-refractivity contribution in [3.63, 3.8) is 0 Å². The number of rotatable bonds is 2. The molecule has 2 N–H and O–H groups in total. The lowest BCUT2D eigenvalue weighted by atomic mass is 9.66. The van der Waals surface area contributed by atoms with Gasteiger partial charge in [0, 0.05) is 3.92 Å². The minimum absolute atomic E-state index is 0.194. The number of hydrogen-bond acceptors (Lipinski definition) is 1. The van der Waals surface area contributed by atoms with Gasteiger partial charge in [0.2, 0.25) is 0 Å². The summed E-state index contributed by atoms with van der Waals surface area (Å²) >= 11 is 2.61. The standard InChI is InChI=1S/C15H22IN/c1-10-11-6-4-5-7-12(11)13(8-14(10)16)15(2,3)9-17/h4-7,10,13-14H,8-9,17H2,1-3H3. The van der Waals surface area contributed by atoms with Gasteiger partial charge in [-0.1, -0.05) is 67.6 Å². The first-order valence-corrected chi connectivity index (χ1v) is 7.65. The van der Waals surface area contributed by atoms with Gasteiger partial charge in [-0.05, 0) is 41.3 Å². The predicted molar refractivity (Wildman–Crippen MR) is 82.9 cm³/mol. The molecule has 2 rings (SSSR count). The van der Waals surface area contributed by atoms with Crippen LogP contribution in [0.5, 0.6) is 0 Å². The van der Waals surface area contributed by atoms with E-state index in [9.17, 15) is 0 Å². The average molecular weight is 343 g/mol. The second-order valence-corrected chi connectivity index (χ2v) is 7.51. The number of alkyl halides is 1. The second kappa shape index (κ2) is 4.88. The van der Waals surface area contributed by atoms with Gasteiger partial charge >= 0.3 is 0 Å². The molecule has 1 nitrogen and oxygen atoms in total. The Morgan fingerprint density at radius 2 is 1.88 bits per heavy atom. The summed E-state index contributed by atoms with van der Waals surface area (Å²) in [6, 6.07) is 8.93. The van der Waals surface area contributed by atoms with Crippen molar-refractivity contribution in [2.24, 2.45) is 11.1 Å². The minimum Gasteiger partial charge on any atom is -0.330 e. The van der Waals surface area contributed by atoms with E-state index >= 15 is 0 Å². The zero-order chi connectivity index (χ0) is 12.6. The van der Waals surface area contributed by atoms with Gasteiger partial charge in [-0.3, -0.25) is 0 Å². The zero-order valence-corrected chi connectivity index (χ0v) is 13.1. The molecule has 0 spiro atoms. The Kier molecular flexibility index (Phi) is 3.83. The molecule has 0 fully saturated rings. The van der Waals surface area contributed by atoms with Crippen molar-refractivity contribution in [1.29, 1.82) is 0 Å². The molecule has 17 heavy (non-hydrogen) atoms. The Balaban J connectivity index is 2.47. The third kappa shape index (κ3) is 2.39. The highest BCUT2D eigenvalue weighted by molar-refractivity contribution is 14.1. The number of halogens is 1. The molecule has 2 heteroatoms. The Morgan fingerprint density at radius 3 is 2.47 bits per heavy atom. The SMILES string of the molecule is CC1c2ccccc2C(C(C)(C)CN)CC1I. The highest BCUT2D eigenvalue weighted by Crippen LogP contribution is 2.49. The topological polar surface area (TPSA) is 26.0 Å². The number of benzene rings is 1. The molecule has 0 amide bonds. The lowest BCUT2D eigenvalue weighted by molar-refractivity contribution is 0.267. The maximum absolute atomic E-state index is 5.97. The third-order valence-electron chi connectivity index (χ3n) is 4.33. The summed E-state index contributed by atoms with van der Waals surface area (Å²) in [5.74, 6) is 1.26. The fraction of sp³-hybridized carbons (Fsp3) is 0.600. The first-order valence-electron chi connectivity index (χ1n) is 6.40. The molecule has 1 aliphatic rings. The fourth-order valence-electron chi connectivity index (χ4n) is 2.88. The number of fused-ring (bicyclic) bond motifs is 1. The van der Waals surface area contributed by atoms with Crippen LogP contribution in [0.4, 0.5) is 0 Å². The molecule has 0 heterocycles. The molecule has 1 aromatic rings. The third-order valence-corrected chi connectivity index (χ3v) is 5.92. The van der Waals surface area contributed by atoms with Crippen molar-refractivity contribution in [2.45, 2.75) is 43.0 Å². The van der Waals surface area contributed by atoms with E-state index in [1.54, 1.807) is 0 Å². The zero-order valence-electron chi connectivity index (χ0n) is 10.9. The van der Waals surface area contributed by atoms with Crippen LogP contribution in [-0.2, 0) is 0 Å². The van der Waals surface area contributed by atoms with Gasteiger partial charge < -0.3 is 5.73 Å². The van der Waals surface area contributed by atoms with Crippen LogP contribution in [0.2, 0.25) is 0 Å². The first-order chi connectivity index (χ1) is 7.97. The Morgan fingerprint density at radius 1 is 1.29 bits per heavy atom. The maximum atomic E-state index is 5.97. The van der Waals surface area contributed by atoms with E-state index in [1.165, 1.54) is 17.5 Å². The maximum Gasteiger partial charge on any atom is 0.0182 e. The van der Waals surface area contributed by atoms with Gasteiger partial charge in [0.05, 0.1) is 0 Å². The van der Waals surface area contributed by atoms with Crippen LogP contribution in [0, 0.1) is 5.41 Å². The quantitative estimate of drug-likeness (QED) is 0.636.